The molecule has 1 aliphatic heterocycles. The standard InChI is InChI=1S/C19H28ClN3O3S/c1-13-6-9-23(10-7-13)17-5-4-14(12-15(17)20)21-19(25)22-16(8-11-27-3)18(24)26-2/h4-5,12-13,16H,6-11H2,1-3H3,(H2,21,22,25)/t16-/m0/s1. The number of hydrogen-bond donors (Lipinski definition) is 2. The number of methoxy groups -OCH3 is 1. The first-order valence-corrected chi connectivity index (χ1v) is 10.9. The SMILES string of the molecule is COC(=O)[C@H](CCSC)NC(=O)Nc1ccc(N2CCC(C)CC2)c(Cl)c1. The molecule has 6 nitrogen and oxygen atoms in total. The van der Waals surface area contributed by atoms with Crippen LogP contribution in [-0.2, 0) is 9.53 Å². The number of esters is 1. The van der Waals surface area contributed by atoms with Gasteiger partial charge in [-0.05, 0) is 55.4 Å². The molecule has 0 unspecified atom stereocenters. The number of rotatable bonds is 7. The van der Waals surface area contributed by atoms with Gasteiger partial charge in [0.05, 0.1) is 17.8 Å². The lowest BCUT2D eigenvalue weighted by molar-refractivity contribution is -0.142. The number of halogens is 1. The van der Waals surface area contributed by atoms with Crippen LogP contribution in [0.1, 0.15) is 26.2 Å². The molecule has 150 valence electrons. The Morgan fingerprint density at radius 2 is 2.07 bits per heavy atom. The molecule has 2 amide bonds. The maximum Gasteiger partial charge on any atom is 0.328 e. The van der Waals surface area contributed by atoms with Crippen LogP contribution in [0.4, 0.5) is 16.2 Å². The predicted molar refractivity (Wildman–Crippen MR) is 113 cm³/mol. The summed E-state index contributed by atoms with van der Waals surface area (Å²) in [6.45, 7) is 4.25. The number of carbonyl (C=O) groups is 2. The minimum absolute atomic E-state index is 0.452. The summed E-state index contributed by atoms with van der Waals surface area (Å²) >= 11 is 8.04. The molecule has 1 aromatic carbocycles. The number of benzene rings is 1. The van der Waals surface area contributed by atoms with Crippen molar-refractivity contribution in [2.75, 3.05) is 42.4 Å². The van der Waals surface area contributed by atoms with Gasteiger partial charge in [-0.1, -0.05) is 18.5 Å². The highest BCUT2D eigenvalue weighted by atomic mass is 35.5. The highest BCUT2D eigenvalue weighted by Crippen LogP contribution is 2.31. The van der Waals surface area contributed by atoms with Gasteiger partial charge in [-0.2, -0.15) is 11.8 Å². The number of carbonyl (C=O) groups excluding carboxylic acids is 2. The Labute approximate surface area is 170 Å². The second-order valence-electron chi connectivity index (χ2n) is 6.79. The third-order valence-corrected chi connectivity index (χ3v) is 5.68. The topological polar surface area (TPSA) is 70.7 Å². The zero-order chi connectivity index (χ0) is 19.8. The molecule has 1 aliphatic rings. The maximum atomic E-state index is 12.3. The van der Waals surface area contributed by atoms with Crippen molar-refractivity contribution in [3.63, 3.8) is 0 Å². The van der Waals surface area contributed by atoms with E-state index in [4.69, 9.17) is 16.3 Å². The van der Waals surface area contributed by atoms with Crippen LogP contribution in [0.15, 0.2) is 18.2 Å². The van der Waals surface area contributed by atoms with E-state index in [1.54, 1.807) is 17.8 Å². The van der Waals surface area contributed by atoms with Crippen LogP contribution >= 0.6 is 23.4 Å². The van der Waals surface area contributed by atoms with E-state index in [0.717, 1.165) is 43.3 Å². The molecule has 1 atom stereocenters. The Bertz CT molecular complexity index is 651. The van der Waals surface area contributed by atoms with E-state index in [1.807, 2.05) is 18.4 Å². The highest BCUT2D eigenvalue weighted by Gasteiger charge is 2.22. The molecule has 2 N–H and O–H groups in total. The summed E-state index contributed by atoms with van der Waals surface area (Å²) in [7, 11) is 1.31. The molecule has 0 aromatic heterocycles. The fourth-order valence-electron chi connectivity index (χ4n) is 3.04. The Balaban J connectivity index is 1.97. The van der Waals surface area contributed by atoms with Gasteiger partial charge in [0.1, 0.15) is 6.04 Å². The van der Waals surface area contributed by atoms with Crippen molar-refractivity contribution < 1.29 is 14.3 Å². The summed E-state index contributed by atoms with van der Waals surface area (Å²) < 4.78 is 4.75. The zero-order valence-electron chi connectivity index (χ0n) is 16.1. The van der Waals surface area contributed by atoms with Gasteiger partial charge >= 0.3 is 12.0 Å². The van der Waals surface area contributed by atoms with Crippen LogP contribution in [-0.4, -0.2) is 50.3 Å². The van der Waals surface area contributed by atoms with E-state index < -0.39 is 18.0 Å². The molecule has 1 fully saturated rings. The van der Waals surface area contributed by atoms with Gasteiger partial charge in [-0.15, -0.1) is 0 Å². The first kappa shape index (κ1) is 21.7. The summed E-state index contributed by atoms with van der Waals surface area (Å²) in [6, 6.07) is 4.37. The van der Waals surface area contributed by atoms with Crippen LogP contribution < -0.4 is 15.5 Å². The molecule has 1 saturated heterocycles. The lowest BCUT2D eigenvalue weighted by Gasteiger charge is -2.32. The number of urea groups is 1. The van der Waals surface area contributed by atoms with Gasteiger partial charge in [0.15, 0.2) is 0 Å². The van der Waals surface area contributed by atoms with Gasteiger partial charge in [0.2, 0.25) is 0 Å². The number of hydrogen-bond acceptors (Lipinski definition) is 5. The number of anilines is 2. The molecule has 1 aromatic rings. The average molecular weight is 414 g/mol. The lowest BCUT2D eigenvalue weighted by atomic mass is 9.99. The average Bonchev–Trinajstić information content (AvgIpc) is 2.65. The largest absolute Gasteiger partial charge is 0.467 e. The normalized spacial score (nSPS) is 15.9. The summed E-state index contributed by atoms with van der Waals surface area (Å²) in [5.41, 5.74) is 1.57. The Hall–Kier alpha value is -1.60. The van der Waals surface area contributed by atoms with E-state index in [2.05, 4.69) is 22.5 Å². The van der Waals surface area contributed by atoms with Crippen molar-refractivity contribution in [3.8, 4) is 0 Å². The number of ether oxygens (including phenoxy) is 1. The number of nitrogens with zero attached hydrogens (tertiary/aromatic N) is 1. The van der Waals surface area contributed by atoms with Crippen molar-refractivity contribution in [1.82, 2.24) is 5.32 Å². The number of amides is 2. The molecule has 0 radical (unpaired) electrons. The monoisotopic (exact) mass is 413 g/mol. The summed E-state index contributed by atoms with van der Waals surface area (Å²) in [4.78, 5) is 26.3. The van der Waals surface area contributed by atoms with E-state index in [0.29, 0.717) is 17.1 Å². The van der Waals surface area contributed by atoms with Gasteiger partial charge in [-0.3, -0.25) is 0 Å². The third kappa shape index (κ3) is 6.50. The molecule has 0 saturated carbocycles. The van der Waals surface area contributed by atoms with Gasteiger partial charge < -0.3 is 20.3 Å². The van der Waals surface area contributed by atoms with Crippen LogP contribution in [0.2, 0.25) is 5.02 Å². The summed E-state index contributed by atoms with van der Waals surface area (Å²) in [5, 5.41) is 6.01. The first-order chi connectivity index (χ1) is 12.9. The first-order valence-electron chi connectivity index (χ1n) is 9.13. The van der Waals surface area contributed by atoms with Crippen molar-refractivity contribution in [2.24, 2.45) is 5.92 Å². The Morgan fingerprint density at radius 3 is 2.67 bits per heavy atom. The molecule has 0 bridgehead atoms. The summed E-state index contributed by atoms with van der Waals surface area (Å²) in [5.74, 6) is 1.04. The van der Waals surface area contributed by atoms with Crippen LogP contribution in [0, 0.1) is 5.92 Å². The predicted octanol–water partition coefficient (Wildman–Crippen LogP) is 3.99. The van der Waals surface area contributed by atoms with Crippen LogP contribution in [0.3, 0.4) is 0 Å². The van der Waals surface area contributed by atoms with E-state index in [9.17, 15) is 9.59 Å². The number of nitrogens with one attached hydrogen (secondary N) is 2. The molecule has 27 heavy (non-hydrogen) atoms. The van der Waals surface area contributed by atoms with Crippen LogP contribution in [0.5, 0.6) is 0 Å². The van der Waals surface area contributed by atoms with E-state index in [-0.39, 0.29) is 0 Å². The van der Waals surface area contributed by atoms with Crippen molar-refractivity contribution in [3.05, 3.63) is 23.2 Å². The van der Waals surface area contributed by atoms with Gasteiger partial charge in [0, 0.05) is 18.8 Å². The fraction of sp³-hybridized carbons (Fsp3) is 0.579. The van der Waals surface area contributed by atoms with Crippen LogP contribution in [0.25, 0.3) is 0 Å². The third-order valence-electron chi connectivity index (χ3n) is 4.73. The van der Waals surface area contributed by atoms with E-state index in [1.165, 1.54) is 7.11 Å². The minimum Gasteiger partial charge on any atom is -0.467 e. The number of piperidine rings is 1. The highest BCUT2D eigenvalue weighted by molar-refractivity contribution is 7.98. The molecular formula is C19H28ClN3O3S. The molecule has 0 spiro atoms. The van der Waals surface area contributed by atoms with Crippen molar-refractivity contribution >= 4 is 46.7 Å². The Morgan fingerprint density at radius 1 is 1.37 bits per heavy atom. The fourth-order valence-corrected chi connectivity index (χ4v) is 3.81. The quantitative estimate of drug-likeness (QED) is 0.661. The van der Waals surface area contributed by atoms with Gasteiger partial charge in [0.25, 0.3) is 0 Å². The number of thioether (sulfide) groups is 1. The van der Waals surface area contributed by atoms with Crippen molar-refractivity contribution in [2.45, 2.75) is 32.2 Å². The maximum absolute atomic E-state index is 12.3. The second-order valence-corrected chi connectivity index (χ2v) is 8.18. The smallest absolute Gasteiger partial charge is 0.328 e. The lowest BCUT2D eigenvalue weighted by Crippen LogP contribution is -2.44. The Kier molecular flexibility index (Phi) is 8.57. The molecular weight excluding hydrogens is 386 g/mol. The summed E-state index contributed by atoms with van der Waals surface area (Å²) in [6.07, 6.45) is 4.77. The van der Waals surface area contributed by atoms with Gasteiger partial charge in [-0.25, -0.2) is 9.59 Å². The molecule has 0 aliphatic carbocycles. The molecule has 2 rings (SSSR count). The second kappa shape index (κ2) is 10.7. The molecule has 1 heterocycles. The molecule has 8 heteroatoms. The van der Waals surface area contributed by atoms with Crippen molar-refractivity contribution in [1.29, 1.82) is 0 Å². The zero-order valence-corrected chi connectivity index (χ0v) is 17.7. The van der Waals surface area contributed by atoms with E-state index >= 15 is 0 Å². The minimum atomic E-state index is -0.674.